The molecule has 0 saturated heterocycles. The van der Waals surface area contributed by atoms with Crippen LogP contribution in [0.1, 0.15) is 71.1 Å². The van der Waals surface area contributed by atoms with E-state index in [1.807, 2.05) is 12.2 Å². The van der Waals surface area contributed by atoms with E-state index in [0.29, 0.717) is 19.4 Å². The number of aliphatic carboxylic acids is 1. The summed E-state index contributed by atoms with van der Waals surface area (Å²) in [5, 5.41) is 12.1. The Kier molecular flexibility index (Phi) is 9.60. The Morgan fingerprint density at radius 2 is 1.50 bits per heavy atom. The molecular formula is C18H31NO3. The Bertz CT molecular complexity index is 365. The van der Waals surface area contributed by atoms with Gasteiger partial charge in [0.25, 0.3) is 0 Å². The number of carbonyl (C=O) groups excluding carboxylic acids is 1. The number of allylic oxidation sites excluding steroid dienone is 2. The molecule has 0 saturated carbocycles. The van der Waals surface area contributed by atoms with Crippen LogP contribution in [0.3, 0.4) is 0 Å². The quantitative estimate of drug-likeness (QED) is 0.449. The molecule has 0 fully saturated rings. The number of amides is 1. The van der Waals surface area contributed by atoms with Gasteiger partial charge in [0.2, 0.25) is 5.91 Å². The van der Waals surface area contributed by atoms with Crippen LogP contribution in [0.2, 0.25) is 0 Å². The minimum Gasteiger partial charge on any atom is -0.481 e. The second-order valence-corrected chi connectivity index (χ2v) is 6.26. The van der Waals surface area contributed by atoms with Gasteiger partial charge in [0.1, 0.15) is 0 Å². The average molecular weight is 309 g/mol. The van der Waals surface area contributed by atoms with Gasteiger partial charge in [0.05, 0.1) is 11.8 Å². The summed E-state index contributed by atoms with van der Waals surface area (Å²) in [6.07, 6.45) is 14.7. The number of rotatable bonds is 11. The number of carbonyl (C=O) groups is 2. The summed E-state index contributed by atoms with van der Waals surface area (Å²) in [7, 11) is 0. The lowest BCUT2D eigenvalue weighted by Crippen LogP contribution is -2.39. The SMILES string of the molecule is CCCCCCCCCCNC(=O)[C@@H]1CC=CC[C@H]1C(=O)O. The highest BCUT2D eigenvalue weighted by Gasteiger charge is 2.33. The summed E-state index contributed by atoms with van der Waals surface area (Å²) in [6.45, 7) is 2.89. The Balaban J connectivity index is 2.10. The van der Waals surface area contributed by atoms with Gasteiger partial charge in [-0.2, -0.15) is 0 Å². The van der Waals surface area contributed by atoms with Crippen molar-refractivity contribution in [1.29, 1.82) is 0 Å². The van der Waals surface area contributed by atoms with Crippen LogP contribution in [-0.2, 0) is 9.59 Å². The predicted molar refractivity (Wildman–Crippen MR) is 88.6 cm³/mol. The summed E-state index contributed by atoms with van der Waals surface area (Å²) in [4.78, 5) is 23.3. The van der Waals surface area contributed by atoms with Gasteiger partial charge < -0.3 is 10.4 Å². The molecule has 0 aromatic heterocycles. The molecule has 126 valence electrons. The zero-order valence-corrected chi connectivity index (χ0v) is 13.9. The number of hydrogen-bond donors (Lipinski definition) is 2. The molecule has 0 heterocycles. The number of hydrogen-bond acceptors (Lipinski definition) is 2. The molecule has 1 rings (SSSR count). The van der Waals surface area contributed by atoms with Crippen LogP contribution in [0.5, 0.6) is 0 Å². The van der Waals surface area contributed by atoms with Crippen molar-refractivity contribution in [3.05, 3.63) is 12.2 Å². The number of nitrogens with one attached hydrogen (secondary N) is 1. The lowest BCUT2D eigenvalue weighted by molar-refractivity contribution is -0.147. The van der Waals surface area contributed by atoms with Gasteiger partial charge in [0.15, 0.2) is 0 Å². The molecule has 1 aliphatic rings. The molecule has 0 aromatic rings. The van der Waals surface area contributed by atoms with Crippen LogP contribution < -0.4 is 5.32 Å². The van der Waals surface area contributed by atoms with E-state index in [9.17, 15) is 14.7 Å². The van der Waals surface area contributed by atoms with E-state index in [0.717, 1.165) is 12.8 Å². The molecule has 22 heavy (non-hydrogen) atoms. The van der Waals surface area contributed by atoms with Gasteiger partial charge in [-0.1, -0.05) is 64.0 Å². The first kappa shape index (κ1) is 18.7. The topological polar surface area (TPSA) is 66.4 Å². The number of carboxylic acids is 1. The predicted octanol–water partition coefficient (Wildman–Crippen LogP) is 3.91. The summed E-state index contributed by atoms with van der Waals surface area (Å²) in [6, 6.07) is 0. The third kappa shape index (κ3) is 7.10. The zero-order chi connectivity index (χ0) is 16.2. The van der Waals surface area contributed by atoms with Gasteiger partial charge in [-0.3, -0.25) is 9.59 Å². The molecule has 1 amide bonds. The van der Waals surface area contributed by atoms with Crippen LogP contribution >= 0.6 is 0 Å². The Morgan fingerprint density at radius 1 is 0.955 bits per heavy atom. The maximum atomic E-state index is 12.1. The highest BCUT2D eigenvalue weighted by atomic mass is 16.4. The highest BCUT2D eigenvalue weighted by Crippen LogP contribution is 2.26. The van der Waals surface area contributed by atoms with Gasteiger partial charge in [-0.05, 0) is 19.3 Å². The summed E-state index contributed by atoms with van der Waals surface area (Å²) < 4.78 is 0. The monoisotopic (exact) mass is 309 g/mol. The fraction of sp³-hybridized carbons (Fsp3) is 0.778. The van der Waals surface area contributed by atoms with Crippen molar-refractivity contribution in [1.82, 2.24) is 5.32 Å². The molecule has 2 N–H and O–H groups in total. The molecular weight excluding hydrogens is 278 g/mol. The molecule has 0 aliphatic heterocycles. The zero-order valence-electron chi connectivity index (χ0n) is 13.9. The first-order chi connectivity index (χ1) is 10.7. The molecule has 4 heteroatoms. The van der Waals surface area contributed by atoms with Crippen molar-refractivity contribution < 1.29 is 14.7 Å². The maximum absolute atomic E-state index is 12.1. The number of carboxylic acid groups (broad SMARTS) is 1. The van der Waals surface area contributed by atoms with Crippen molar-refractivity contribution in [3.8, 4) is 0 Å². The van der Waals surface area contributed by atoms with E-state index < -0.39 is 17.8 Å². The molecule has 2 atom stereocenters. The highest BCUT2D eigenvalue weighted by molar-refractivity contribution is 5.85. The van der Waals surface area contributed by atoms with Gasteiger partial charge >= 0.3 is 5.97 Å². The van der Waals surface area contributed by atoms with Crippen LogP contribution in [0, 0.1) is 11.8 Å². The molecule has 0 unspecified atom stereocenters. The normalized spacial score (nSPS) is 20.8. The molecule has 0 spiro atoms. The van der Waals surface area contributed by atoms with E-state index in [4.69, 9.17) is 0 Å². The van der Waals surface area contributed by atoms with Gasteiger partial charge in [-0.15, -0.1) is 0 Å². The first-order valence-corrected chi connectivity index (χ1v) is 8.82. The van der Waals surface area contributed by atoms with E-state index >= 15 is 0 Å². The number of unbranched alkanes of at least 4 members (excludes halogenated alkanes) is 7. The second-order valence-electron chi connectivity index (χ2n) is 6.26. The van der Waals surface area contributed by atoms with Gasteiger partial charge in [-0.25, -0.2) is 0 Å². The van der Waals surface area contributed by atoms with Crippen LogP contribution in [0.15, 0.2) is 12.2 Å². The first-order valence-electron chi connectivity index (χ1n) is 8.82. The Hall–Kier alpha value is -1.32. The minimum absolute atomic E-state index is 0.0975. The summed E-state index contributed by atoms with van der Waals surface area (Å²) in [5.41, 5.74) is 0. The molecule has 0 bridgehead atoms. The lowest BCUT2D eigenvalue weighted by Gasteiger charge is -2.24. The molecule has 0 aromatic carbocycles. The Labute approximate surface area is 134 Å². The van der Waals surface area contributed by atoms with E-state index in [1.54, 1.807) is 0 Å². The van der Waals surface area contributed by atoms with E-state index in [1.165, 1.54) is 38.5 Å². The largest absolute Gasteiger partial charge is 0.481 e. The second kappa shape index (κ2) is 11.3. The molecule has 4 nitrogen and oxygen atoms in total. The van der Waals surface area contributed by atoms with Crippen molar-refractivity contribution in [2.24, 2.45) is 11.8 Å². The van der Waals surface area contributed by atoms with Crippen LogP contribution in [-0.4, -0.2) is 23.5 Å². The third-order valence-electron chi connectivity index (χ3n) is 4.42. The summed E-state index contributed by atoms with van der Waals surface area (Å²) in [5.74, 6) is -1.93. The Morgan fingerprint density at radius 3 is 2.09 bits per heavy atom. The third-order valence-corrected chi connectivity index (χ3v) is 4.42. The van der Waals surface area contributed by atoms with E-state index in [2.05, 4.69) is 12.2 Å². The van der Waals surface area contributed by atoms with E-state index in [-0.39, 0.29) is 5.91 Å². The fourth-order valence-electron chi connectivity index (χ4n) is 2.98. The maximum Gasteiger partial charge on any atom is 0.307 e. The van der Waals surface area contributed by atoms with Crippen LogP contribution in [0.25, 0.3) is 0 Å². The van der Waals surface area contributed by atoms with Gasteiger partial charge in [0, 0.05) is 6.54 Å². The van der Waals surface area contributed by atoms with Crippen molar-refractivity contribution in [2.75, 3.05) is 6.54 Å². The molecule has 0 radical (unpaired) electrons. The van der Waals surface area contributed by atoms with Crippen LogP contribution in [0.4, 0.5) is 0 Å². The van der Waals surface area contributed by atoms with Crippen molar-refractivity contribution in [3.63, 3.8) is 0 Å². The average Bonchev–Trinajstić information content (AvgIpc) is 2.53. The lowest BCUT2D eigenvalue weighted by atomic mass is 9.82. The fourth-order valence-corrected chi connectivity index (χ4v) is 2.98. The minimum atomic E-state index is -0.864. The smallest absolute Gasteiger partial charge is 0.307 e. The van der Waals surface area contributed by atoms with Crippen molar-refractivity contribution in [2.45, 2.75) is 71.1 Å². The molecule has 1 aliphatic carbocycles. The van der Waals surface area contributed by atoms with Crippen molar-refractivity contribution >= 4 is 11.9 Å². The summed E-state index contributed by atoms with van der Waals surface area (Å²) >= 11 is 0. The standard InChI is InChI=1S/C18H31NO3/c1-2-3-4-5-6-7-8-11-14-19-17(20)15-12-9-10-13-16(15)18(21)22/h9-10,15-16H,2-8,11-14H2,1H3,(H,19,20)(H,21,22)/t15-,16-/m1/s1.